The lowest BCUT2D eigenvalue weighted by molar-refractivity contribution is 0.145. The van der Waals surface area contributed by atoms with E-state index in [1.807, 2.05) is 0 Å². The molecular formula is C14H19ClFNO. The molecule has 18 heavy (non-hydrogen) atoms. The first-order chi connectivity index (χ1) is 8.70. The summed E-state index contributed by atoms with van der Waals surface area (Å²) in [6.45, 7) is 1.55. The number of halogens is 2. The number of rotatable bonds is 5. The molecule has 0 spiro atoms. The van der Waals surface area contributed by atoms with Crippen LogP contribution in [0.2, 0.25) is 5.02 Å². The molecule has 2 nitrogen and oxygen atoms in total. The standard InChI is InChI=1S/C14H19ClFNO/c15-13-9-11(5-6-14(13)16)10-17(7-8-18)12-3-1-2-4-12/h5-6,9,12,18H,1-4,7-8,10H2. The number of hydrogen-bond acceptors (Lipinski definition) is 2. The van der Waals surface area contributed by atoms with Crippen molar-refractivity contribution in [2.24, 2.45) is 0 Å². The fraction of sp³-hybridized carbons (Fsp3) is 0.571. The normalized spacial score (nSPS) is 16.7. The summed E-state index contributed by atoms with van der Waals surface area (Å²) in [6.07, 6.45) is 4.90. The molecule has 0 bridgehead atoms. The first-order valence-electron chi connectivity index (χ1n) is 6.49. The summed E-state index contributed by atoms with van der Waals surface area (Å²) in [4.78, 5) is 2.27. The van der Waals surface area contributed by atoms with Gasteiger partial charge in [-0.25, -0.2) is 4.39 Å². The molecule has 1 aliphatic rings. The molecule has 0 radical (unpaired) electrons. The molecule has 0 saturated heterocycles. The summed E-state index contributed by atoms with van der Waals surface area (Å²) in [5.74, 6) is -0.380. The van der Waals surface area contributed by atoms with Crippen LogP contribution in [0.5, 0.6) is 0 Å². The topological polar surface area (TPSA) is 23.5 Å². The van der Waals surface area contributed by atoms with E-state index in [-0.39, 0.29) is 17.4 Å². The van der Waals surface area contributed by atoms with Crippen LogP contribution in [-0.2, 0) is 6.54 Å². The van der Waals surface area contributed by atoms with Gasteiger partial charge in [-0.1, -0.05) is 30.5 Å². The first-order valence-corrected chi connectivity index (χ1v) is 6.87. The van der Waals surface area contributed by atoms with Crippen molar-refractivity contribution in [1.82, 2.24) is 4.90 Å². The quantitative estimate of drug-likeness (QED) is 0.889. The number of aliphatic hydroxyl groups excluding tert-OH is 1. The molecule has 1 saturated carbocycles. The van der Waals surface area contributed by atoms with Gasteiger partial charge in [-0.2, -0.15) is 0 Å². The molecule has 0 atom stereocenters. The van der Waals surface area contributed by atoms with Crippen LogP contribution < -0.4 is 0 Å². The molecule has 0 aliphatic heterocycles. The molecule has 0 amide bonds. The van der Waals surface area contributed by atoms with Gasteiger partial charge in [0, 0.05) is 19.1 Å². The van der Waals surface area contributed by atoms with Gasteiger partial charge in [0.15, 0.2) is 0 Å². The van der Waals surface area contributed by atoms with E-state index in [0.717, 1.165) is 12.1 Å². The van der Waals surface area contributed by atoms with Gasteiger partial charge in [0.05, 0.1) is 11.6 Å². The van der Waals surface area contributed by atoms with Gasteiger partial charge in [0.2, 0.25) is 0 Å². The summed E-state index contributed by atoms with van der Waals surface area (Å²) in [6, 6.07) is 5.39. The second-order valence-electron chi connectivity index (χ2n) is 4.88. The minimum absolute atomic E-state index is 0.158. The Morgan fingerprint density at radius 2 is 2.06 bits per heavy atom. The molecule has 1 aromatic rings. The second kappa shape index (κ2) is 6.50. The van der Waals surface area contributed by atoms with Crippen molar-refractivity contribution in [3.8, 4) is 0 Å². The van der Waals surface area contributed by atoms with Crippen LogP contribution in [-0.4, -0.2) is 29.2 Å². The minimum atomic E-state index is -0.380. The predicted octanol–water partition coefficient (Wildman–Crippen LogP) is 3.22. The minimum Gasteiger partial charge on any atom is -0.395 e. The van der Waals surface area contributed by atoms with Crippen molar-refractivity contribution in [3.05, 3.63) is 34.6 Å². The van der Waals surface area contributed by atoms with E-state index in [2.05, 4.69) is 4.90 Å². The molecule has 1 aromatic carbocycles. The molecular weight excluding hydrogens is 253 g/mol. The van der Waals surface area contributed by atoms with Crippen molar-refractivity contribution in [2.45, 2.75) is 38.3 Å². The van der Waals surface area contributed by atoms with Crippen LogP contribution in [0, 0.1) is 5.82 Å². The van der Waals surface area contributed by atoms with Gasteiger partial charge in [0.1, 0.15) is 5.82 Å². The number of hydrogen-bond donors (Lipinski definition) is 1. The van der Waals surface area contributed by atoms with Crippen molar-refractivity contribution >= 4 is 11.6 Å². The number of nitrogens with zero attached hydrogens (tertiary/aromatic N) is 1. The van der Waals surface area contributed by atoms with Crippen LogP contribution >= 0.6 is 11.6 Å². The zero-order valence-corrected chi connectivity index (χ0v) is 11.2. The Bertz CT molecular complexity index is 393. The van der Waals surface area contributed by atoms with Crippen molar-refractivity contribution < 1.29 is 9.50 Å². The largest absolute Gasteiger partial charge is 0.395 e. The Hall–Kier alpha value is -0.640. The van der Waals surface area contributed by atoms with Crippen LogP contribution in [0.4, 0.5) is 4.39 Å². The smallest absolute Gasteiger partial charge is 0.141 e. The highest BCUT2D eigenvalue weighted by atomic mass is 35.5. The summed E-state index contributed by atoms with van der Waals surface area (Å²) < 4.78 is 13.1. The monoisotopic (exact) mass is 271 g/mol. The van der Waals surface area contributed by atoms with Crippen molar-refractivity contribution in [2.75, 3.05) is 13.2 Å². The van der Waals surface area contributed by atoms with E-state index in [1.165, 1.54) is 31.7 Å². The molecule has 0 aromatic heterocycles. The highest BCUT2D eigenvalue weighted by Gasteiger charge is 2.22. The summed E-state index contributed by atoms with van der Waals surface area (Å²) in [5.41, 5.74) is 1.00. The third kappa shape index (κ3) is 3.44. The van der Waals surface area contributed by atoms with E-state index >= 15 is 0 Å². The summed E-state index contributed by atoms with van der Waals surface area (Å²) in [7, 11) is 0. The summed E-state index contributed by atoms with van der Waals surface area (Å²) >= 11 is 5.79. The zero-order chi connectivity index (χ0) is 13.0. The fourth-order valence-corrected chi connectivity index (χ4v) is 2.86. The number of aliphatic hydroxyl groups is 1. The SMILES string of the molecule is OCCN(Cc1ccc(F)c(Cl)c1)C1CCCC1. The molecule has 0 unspecified atom stereocenters. The maximum Gasteiger partial charge on any atom is 0.141 e. The fourth-order valence-electron chi connectivity index (χ4n) is 2.66. The van der Waals surface area contributed by atoms with Crippen molar-refractivity contribution in [3.63, 3.8) is 0 Å². The van der Waals surface area contributed by atoms with E-state index in [4.69, 9.17) is 16.7 Å². The molecule has 0 heterocycles. The van der Waals surface area contributed by atoms with Crippen LogP contribution in [0.1, 0.15) is 31.2 Å². The van der Waals surface area contributed by atoms with Crippen molar-refractivity contribution in [1.29, 1.82) is 0 Å². The lowest BCUT2D eigenvalue weighted by Crippen LogP contribution is -2.35. The van der Waals surface area contributed by atoms with Gasteiger partial charge in [-0.3, -0.25) is 4.90 Å². The molecule has 2 rings (SSSR count). The van der Waals surface area contributed by atoms with E-state index in [1.54, 1.807) is 12.1 Å². The average molecular weight is 272 g/mol. The Labute approximate surface area is 112 Å². The summed E-state index contributed by atoms with van der Waals surface area (Å²) in [5, 5.41) is 9.32. The lowest BCUT2D eigenvalue weighted by Gasteiger charge is -2.28. The van der Waals surface area contributed by atoms with Crippen LogP contribution in [0.15, 0.2) is 18.2 Å². The zero-order valence-electron chi connectivity index (χ0n) is 10.4. The van der Waals surface area contributed by atoms with Gasteiger partial charge < -0.3 is 5.11 Å². The van der Waals surface area contributed by atoms with E-state index < -0.39 is 0 Å². The third-order valence-corrected chi connectivity index (χ3v) is 3.89. The Morgan fingerprint density at radius 1 is 1.33 bits per heavy atom. The highest BCUT2D eigenvalue weighted by molar-refractivity contribution is 6.30. The van der Waals surface area contributed by atoms with E-state index in [0.29, 0.717) is 12.6 Å². The second-order valence-corrected chi connectivity index (χ2v) is 5.29. The maximum absolute atomic E-state index is 13.1. The van der Waals surface area contributed by atoms with Gasteiger partial charge in [-0.05, 0) is 30.5 Å². The Kier molecular flexibility index (Phi) is 4.98. The van der Waals surface area contributed by atoms with Crippen LogP contribution in [0.3, 0.4) is 0 Å². The Morgan fingerprint density at radius 3 is 2.67 bits per heavy atom. The van der Waals surface area contributed by atoms with Gasteiger partial charge in [0.25, 0.3) is 0 Å². The first kappa shape index (κ1) is 13.8. The number of benzene rings is 1. The Balaban J connectivity index is 2.04. The molecule has 1 fully saturated rings. The van der Waals surface area contributed by atoms with Crippen LogP contribution in [0.25, 0.3) is 0 Å². The molecule has 1 aliphatic carbocycles. The average Bonchev–Trinajstić information content (AvgIpc) is 2.87. The third-order valence-electron chi connectivity index (χ3n) is 3.60. The van der Waals surface area contributed by atoms with Gasteiger partial charge >= 0.3 is 0 Å². The maximum atomic E-state index is 13.1. The molecule has 1 N–H and O–H groups in total. The highest BCUT2D eigenvalue weighted by Crippen LogP contribution is 2.25. The van der Waals surface area contributed by atoms with E-state index in [9.17, 15) is 4.39 Å². The predicted molar refractivity (Wildman–Crippen MR) is 71.2 cm³/mol. The molecule has 4 heteroatoms. The lowest BCUT2D eigenvalue weighted by atomic mass is 10.1. The molecule has 100 valence electrons. The van der Waals surface area contributed by atoms with Gasteiger partial charge in [-0.15, -0.1) is 0 Å².